The molecule has 4 atom stereocenters. The molecule has 2 N–H and O–H groups in total. The maximum Gasteiger partial charge on any atom is 0.407 e. The number of carbonyl (C=O) groups is 1. The molecular formula is C18H34N2O2. The highest BCUT2D eigenvalue weighted by Gasteiger charge is 2.35. The van der Waals surface area contributed by atoms with Crippen LogP contribution in [0.25, 0.3) is 0 Å². The summed E-state index contributed by atoms with van der Waals surface area (Å²) in [4.78, 5) is 11.9. The zero-order valence-electron chi connectivity index (χ0n) is 14.9. The lowest BCUT2D eigenvalue weighted by Crippen LogP contribution is -2.51. The number of alkyl carbamates (subject to hydrolysis) is 1. The summed E-state index contributed by atoms with van der Waals surface area (Å²) in [6.45, 7) is 11.1. The summed E-state index contributed by atoms with van der Waals surface area (Å²) >= 11 is 0. The van der Waals surface area contributed by atoms with Crippen LogP contribution in [-0.4, -0.2) is 30.3 Å². The Labute approximate surface area is 135 Å². The van der Waals surface area contributed by atoms with Crippen molar-refractivity contribution >= 4 is 6.09 Å². The summed E-state index contributed by atoms with van der Waals surface area (Å²) in [6, 6.07) is 0.986. The van der Waals surface area contributed by atoms with Gasteiger partial charge < -0.3 is 15.4 Å². The predicted molar refractivity (Wildman–Crippen MR) is 89.9 cm³/mol. The Morgan fingerprint density at radius 3 is 2.45 bits per heavy atom. The lowest BCUT2D eigenvalue weighted by atomic mass is 9.79. The Morgan fingerprint density at radius 2 is 1.86 bits per heavy atom. The highest BCUT2D eigenvalue weighted by Crippen LogP contribution is 2.35. The van der Waals surface area contributed by atoms with Gasteiger partial charge in [-0.25, -0.2) is 4.79 Å². The largest absolute Gasteiger partial charge is 0.444 e. The van der Waals surface area contributed by atoms with E-state index in [4.69, 9.17) is 4.74 Å². The van der Waals surface area contributed by atoms with E-state index < -0.39 is 5.60 Å². The van der Waals surface area contributed by atoms with Gasteiger partial charge in [-0.1, -0.05) is 20.3 Å². The fourth-order valence-corrected chi connectivity index (χ4v) is 3.41. The predicted octanol–water partition coefficient (Wildman–Crippen LogP) is 3.70. The van der Waals surface area contributed by atoms with Crippen LogP contribution in [0, 0.1) is 17.8 Å². The second-order valence-electron chi connectivity index (χ2n) is 8.50. The summed E-state index contributed by atoms with van der Waals surface area (Å²) in [5, 5.41) is 6.80. The van der Waals surface area contributed by atoms with Gasteiger partial charge in [-0.15, -0.1) is 0 Å². The molecule has 2 rings (SSSR count). The zero-order valence-corrected chi connectivity index (χ0v) is 14.9. The van der Waals surface area contributed by atoms with E-state index >= 15 is 0 Å². The first-order chi connectivity index (χ1) is 10.2. The van der Waals surface area contributed by atoms with Crippen LogP contribution in [0.5, 0.6) is 0 Å². The van der Waals surface area contributed by atoms with E-state index in [1.54, 1.807) is 0 Å². The van der Waals surface area contributed by atoms with Crippen molar-refractivity contribution in [2.24, 2.45) is 17.8 Å². The maximum atomic E-state index is 11.9. The third-order valence-electron chi connectivity index (χ3n) is 4.94. The van der Waals surface area contributed by atoms with Crippen molar-refractivity contribution in [3.05, 3.63) is 0 Å². The average molecular weight is 310 g/mol. The molecule has 2 aliphatic rings. The first kappa shape index (κ1) is 17.6. The quantitative estimate of drug-likeness (QED) is 0.814. The molecule has 0 saturated heterocycles. The number of rotatable bonds is 5. The van der Waals surface area contributed by atoms with E-state index in [0.717, 1.165) is 17.8 Å². The minimum absolute atomic E-state index is 0.301. The van der Waals surface area contributed by atoms with Crippen molar-refractivity contribution in [3.8, 4) is 0 Å². The summed E-state index contributed by atoms with van der Waals surface area (Å²) in [6.07, 6.45) is 6.19. The van der Waals surface area contributed by atoms with Gasteiger partial charge in [0.1, 0.15) is 5.60 Å². The van der Waals surface area contributed by atoms with Crippen molar-refractivity contribution in [2.75, 3.05) is 6.54 Å². The van der Waals surface area contributed by atoms with Crippen molar-refractivity contribution in [1.82, 2.24) is 10.6 Å². The molecule has 4 nitrogen and oxygen atoms in total. The van der Waals surface area contributed by atoms with Gasteiger partial charge in [-0.3, -0.25) is 0 Å². The molecule has 2 aliphatic carbocycles. The van der Waals surface area contributed by atoms with Gasteiger partial charge in [-0.05, 0) is 64.2 Å². The van der Waals surface area contributed by atoms with Gasteiger partial charge >= 0.3 is 6.09 Å². The van der Waals surface area contributed by atoms with Crippen molar-refractivity contribution < 1.29 is 9.53 Å². The fraction of sp³-hybridized carbons (Fsp3) is 0.944. The highest BCUT2D eigenvalue weighted by atomic mass is 16.6. The minimum atomic E-state index is -0.431. The topological polar surface area (TPSA) is 50.4 Å². The van der Waals surface area contributed by atoms with Gasteiger partial charge in [0.25, 0.3) is 0 Å². The number of amides is 1. The maximum absolute atomic E-state index is 11.9. The normalized spacial score (nSPS) is 30.7. The third kappa shape index (κ3) is 5.79. The number of ether oxygens (including phenoxy) is 1. The summed E-state index contributed by atoms with van der Waals surface area (Å²) in [5.74, 6) is 2.27. The summed E-state index contributed by atoms with van der Waals surface area (Å²) in [5.41, 5.74) is -0.431. The van der Waals surface area contributed by atoms with Gasteiger partial charge in [-0.2, -0.15) is 0 Å². The molecule has 22 heavy (non-hydrogen) atoms. The Balaban J connectivity index is 1.81. The monoisotopic (exact) mass is 310 g/mol. The van der Waals surface area contributed by atoms with Crippen LogP contribution in [0.1, 0.15) is 66.7 Å². The Morgan fingerprint density at radius 1 is 1.18 bits per heavy atom. The molecule has 0 radical (unpaired) electrons. The van der Waals surface area contributed by atoms with E-state index in [1.807, 2.05) is 20.8 Å². The summed E-state index contributed by atoms with van der Waals surface area (Å²) < 4.78 is 5.34. The van der Waals surface area contributed by atoms with E-state index in [9.17, 15) is 4.79 Å². The SMILES string of the molecule is CC1CCC(C)C(NC(CNC(=O)OC(C)(C)C)C2CC2)C1. The van der Waals surface area contributed by atoms with Gasteiger partial charge in [0.05, 0.1) is 0 Å². The molecule has 0 bridgehead atoms. The summed E-state index contributed by atoms with van der Waals surface area (Å²) in [7, 11) is 0. The number of hydrogen-bond acceptors (Lipinski definition) is 3. The molecule has 0 spiro atoms. The second kappa shape index (κ2) is 7.20. The van der Waals surface area contributed by atoms with Gasteiger partial charge in [0.2, 0.25) is 0 Å². The highest BCUT2D eigenvalue weighted by molar-refractivity contribution is 5.67. The molecule has 0 aromatic carbocycles. The Kier molecular flexibility index (Phi) is 5.76. The van der Waals surface area contributed by atoms with Crippen LogP contribution in [0.2, 0.25) is 0 Å². The first-order valence-electron chi connectivity index (χ1n) is 8.97. The van der Waals surface area contributed by atoms with E-state index in [0.29, 0.717) is 18.6 Å². The van der Waals surface area contributed by atoms with Crippen molar-refractivity contribution in [3.63, 3.8) is 0 Å². The molecule has 0 heterocycles. The van der Waals surface area contributed by atoms with E-state index in [-0.39, 0.29) is 6.09 Å². The fourth-order valence-electron chi connectivity index (χ4n) is 3.41. The Bertz CT molecular complexity index is 374. The van der Waals surface area contributed by atoms with Crippen LogP contribution < -0.4 is 10.6 Å². The van der Waals surface area contributed by atoms with Crippen molar-refractivity contribution in [1.29, 1.82) is 0 Å². The molecule has 4 unspecified atom stereocenters. The standard InChI is InChI=1S/C18H34N2O2/c1-12-6-7-13(2)15(10-12)20-16(14-8-9-14)11-19-17(21)22-18(3,4)5/h12-16,20H,6-11H2,1-5H3,(H,19,21). The van der Waals surface area contributed by atoms with Crippen LogP contribution in [-0.2, 0) is 4.74 Å². The second-order valence-corrected chi connectivity index (χ2v) is 8.50. The average Bonchev–Trinajstić information content (AvgIpc) is 3.20. The zero-order chi connectivity index (χ0) is 16.3. The molecule has 0 aromatic rings. The van der Waals surface area contributed by atoms with Crippen LogP contribution >= 0.6 is 0 Å². The van der Waals surface area contributed by atoms with Gasteiger partial charge in [0, 0.05) is 18.6 Å². The first-order valence-corrected chi connectivity index (χ1v) is 8.97. The smallest absolute Gasteiger partial charge is 0.407 e. The number of carbonyl (C=O) groups excluding carboxylic acids is 1. The molecule has 1 amide bonds. The Hall–Kier alpha value is -0.770. The molecule has 128 valence electrons. The third-order valence-corrected chi connectivity index (χ3v) is 4.94. The molecule has 2 fully saturated rings. The molecule has 2 saturated carbocycles. The lowest BCUT2D eigenvalue weighted by Gasteiger charge is -2.36. The van der Waals surface area contributed by atoms with Crippen LogP contribution in [0.4, 0.5) is 4.79 Å². The van der Waals surface area contributed by atoms with E-state index in [1.165, 1.54) is 32.1 Å². The minimum Gasteiger partial charge on any atom is -0.444 e. The van der Waals surface area contributed by atoms with Gasteiger partial charge in [0.15, 0.2) is 0 Å². The van der Waals surface area contributed by atoms with Crippen molar-refractivity contribution in [2.45, 2.75) is 84.4 Å². The molecular weight excluding hydrogens is 276 g/mol. The molecule has 0 aromatic heterocycles. The molecule has 4 heteroatoms. The number of hydrogen-bond donors (Lipinski definition) is 2. The van der Waals surface area contributed by atoms with Crippen LogP contribution in [0.15, 0.2) is 0 Å². The molecule has 0 aliphatic heterocycles. The lowest BCUT2D eigenvalue weighted by molar-refractivity contribution is 0.0518. The number of nitrogens with one attached hydrogen (secondary N) is 2. The van der Waals surface area contributed by atoms with Crippen LogP contribution in [0.3, 0.4) is 0 Å². The van der Waals surface area contributed by atoms with E-state index in [2.05, 4.69) is 24.5 Å².